The summed E-state index contributed by atoms with van der Waals surface area (Å²) in [4.78, 5) is 11.1. The summed E-state index contributed by atoms with van der Waals surface area (Å²) < 4.78 is 0. The fraction of sp³-hybridized carbons (Fsp3) is 0.600. The number of hydrogen-bond donors (Lipinski definition) is 0. The molecule has 0 aromatic heterocycles. The molecule has 0 saturated carbocycles. The molecule has 0 amide bonds. The molecule has 17 heavy (non-hydrogen) atoms. The summed E-state index contributed by atoms with van der Waals surface area (Å²) in [6.07, 6.45) is 2.07. The second-order valence-corrected chi connectivity index (χ2v) is 5.37. The van der Waals surface area contributed by atoms with Gasteiger partial charge in [0.25, 0.3) is 0 Å². The molecule has 0 unspecified atom stereocenters. The Morgan fingerprint density at radius 1 is 1.18 bits per heavy atom. The van der Waals surface area contributed by atoms with Crippen LogP contribution >= 0.6 is 0 Å². The third-order valence-electron chi connectivity index (χ3n) is 2.75. The molecule has 0 saturated heterocycles. The van der Waals surface area contributed by atoms with E-state index in [-0.39, 0.29) is 5.60 Å². The molecule has 0 atom stereocenters. The largest absolute Gasteiger partial charge is 0.337 e. The van der Waals surface area contributed by atoms with E-state index in [1.807, 2.05) is 18.2 Å². The minimum atomic E-state index is -0.237. The summed E-state index contributed by atoms with van der Waals surface area (Å²) in [5.74, 6) is 1.26. The van der Waals surface area contributed by atoms with Crippen molar-refractivity contribution in [3.05, 3.63) is 29.8 Å². The highest BCUT2D eigenvalue weighted by atomic mass is 17.2. The van der Waals surface area contributed by atoms with Gasteiger partial charge in [0.15, 0.2) is 5.75 Å². The Morgan fingerprint density at radius 2 is 1.82 bits per heavy atom. The van der Waals surface area contributed by atoms with Crippen LogP contribution in [0.5, 0.6) is 5.75 Å². The Labute approximate surface area is 105 Å². The number of hydrogen-bond acceptors (Lipinski definition) is 2. The van der Waals surface area contributed by atoms with Crippen LogP contribution in [0.1, 0.15) is 58.9 Å². The van der Waals surface area contributed by atoms with Crippen molar-refractivity contribution in [1.82, 2.24) is 0 Å². The number of rotatable bonds is 6. The molecular weight excluding hydrogens is 212 g/mol. The summed E-state index contributed by atoms with van der Waals surface area (Å²) in [5, 5.41) is 0. The van der Waals surface area contributed by atoms with Crippen LogP contribution < -0.4 is 4.89 Å². The first-order valence-corrected chi connectivity index (χ1v) is 6.41. The smallest absolute Gasteiger partial charge is 0.168 e. The Kier molecular flexibility index (Phi) is 5.01. The number of benzene rings is 1. The normalized spacial score (nSPS) is 11.9. The Bertz CT molecular complexity index is 343. The zero-order valence-corrected chi connectivity index (χ0v) is 11.6. The van der Waals surface area contributed by atoms with Crippen LogP contribution in [-0.4, -0.2) is 5.60 Å². The SMILES string of the molecule is CCCC(C)(C)OOc1ccccc1C(C)C. The van der Waals surface area contributed by atoms with Crippen molar-refractivity contribution in [2.24, 2.45) is 0 Å². The Balaban J connectivity index is 2.69. The van der Waals surface area contributed by atoms with E-state index in [0.29, 0.717) is 5.92 Å². The third kappa shape index (κ3) is 4.39. The van der Waals surface area contributed by atoms with Gasteiger partial charge in [-0.05, 0) is 32.3 Å². The highest BCUT2D eigenvalue weighted by molar-refractivity contribution is 5.35. The van der Waals surface area contributed by atoms with Crippen molar-refractivity contribution in [3.63, 3.8) is 0 Å². The summed E-state index contributed by atoms with van der Waals surface area (Å²) in [5.41, 5.74) is 0.943. The van der Waals surface area contributed by atoms with E-state index >= 15 is 0 Å². The van der Waals surface area contributed by atoms with Gasteiger partial charge in [0.2, 0.25) is 0 Å². The second-order valence-electron chi connectivity index (χ2n) is 5.37. The summed E-state index contributed by atoms with van der Waals surface area (Å²) in [7, 11) is 0. The first-order chi connectivity index (χ1) is 7.96. The molecule has 0 radical (unpaired) electrons. The van der Waals surface area contributed by atoms with Gasteiger partial charge in [-0.15, -0.1) is 0 Å². The van der Waals surface area contributed by atoms with Crippen molar-refractivity contribution >= 4 is 0 Å². The number of para-hydroxylation sites is 1. The van der Waals surface area contributed by atoms with Crippen LogP contribution in [0.15, 0.2) is 24.3 Å². The molecule has 1 aromatic rings. The van der Waals surface area contributed by atoms with Crippen molar-refractivity contribution in [2.75, 3.05) is 0 Å². The predicted molar refractivity (Wildman–Crippen MR) is 71.2 cm³/mol. The topological polar surface area (TPSA) is 18.5 Å². The molecule has 0 bridgehead atoms. The minimum Gasteiger partial charge on any atom is -0.337 e. The van der Waals surface area contributed by atoms with Crippen molar-refractivity contribution in [2.45, 2.75) is 59.0 Å². The monoisotopic (exact) mass is 236 g/mol. The zero-order valence-electron chi connectivity index (χ0n) is 11.6. The van der Waals surface area contributed by atoms with Crippen molar-refractivity contribution in [3.8, 4) is 5.75 Å². The van der Waals surface area contributed by atoms with Crippen LogP contribution in [0.25, 0.3) is 0 Å². The average Bonchev–Trinajstić information content (AvgIpc) is 2.27. The second kappa shape index (κ2) is 6.06. The van der Waals surface area contributed by atoms with Gasteiger partial charge in [-0.25, -0.2) is 0 Å². The van der Waals surface area contributed by atoms with E-state index < -0.39 is 0 Å². The lowest BCUT2D eigenvalue weighted by Crippen LogP contribution is -2.26. The van der Waals surface area contributed by atoms with Gasteiger partial charge in [0.05, 0.1) is 0 Å². The molecule has 1 rings (SSSR count). The van der Waals surface area contributed by atoms with E-state index in [1.54, 1.807) is 0 Å². The summed E-state index contributed by atoms with van der Waals surface area (Å²) in [6.45, 7) is 10.6. The molecule has 2 nitrogen and oxygen atoms in total. The van der Waals surface area contributed by atoms with Gasteiger partial charge in [-0.3, -0.25) is 0 Å². The molecule has 0 aliphatic carbocycles. The first-order valence-electron chi connectivity index (χ1n) is 6.41. The molecule has 0 spiro atoms. The van der Waals surface area contributed by atoms with Gasteiger partial charge in [-0.2, -0.15) is 4.89 Å². The third-order valence-corrected chi connectivity index (χ3v) is 2.75. The predicted octanol–water partition coefficient (Wildman–Crippen LogP) is 4.70. The highest BCUT2D eigenvalue weighted by Crippen LogP contribution is 2.28. The van der Waals surface area contributed by atoms with Gasteiger partial charge in [-0.1, -0.05) is 45.4 Å². The fourth-order valence-corrected chi connectivity index (χ4v) is 1.83. The van der Waals surface area contributed by atoms with Crippen LogP contribution in [-0.2, 0) is 4.89 Å². The maximum atomic E-state index is 5.55. The van der Waals surface area contributed by atoms with Crippen molar-refractivity contribution in [1.29, 1.82) is 0 Å². The van der Waals surface area contributed by atoms with Crippen molar-refractivity contribution < 1.29 is 9.78 Å². The van der Waals surface area contributed by atoms with Gasteiger partial charge in [0, 0.05) is 5.56 Å². The molecule has 0 heterocycles. The lowest BCUT2D eigenvalue weighted by Gasteiger charge is -2.23. The maximum absolute atomic E-state index is 5.55. The van der Waals surface area contributed by atoms with Crippen LogP contribution in [0.4, 0.5) is 0 Å². The Hall–Kier alpha value is -1.02. The van der Waals surface area contributed by atoms with Crippen LogP contribution in [0.3, 0.4) is 0 Å². The lowest BCUT2D eigenvalue weighted by molar-refractivity contribution is -0.283. The van der Waals surface area contributed by atoms with E-state index in [4.69, 9.17) is 9.78 Å². The highest BCUT2D eigenvalue weighted by Gasteiger charge is 2.20. The molecule has 96 valence electrons. The molecule has 0 fully saturated rings. The molecule has 0 aliphatic rings. The standard InChI is InChI=1S/C15H24O2/c1-6-11-15(4,5)17-16-14-10-8-7-9-13(14)12(2)3/h7-10,12H,6,11H2,1-5H3. The summed E-state index contributed by atoms with van der Waals surface area (Å²) >= 11 is 0. The lowest BCUT2D eigenvalue weighted by atomic mass is 10.0. The molecule has 0 N–H and O–H groups in total. The molecular formula is C15H24O2. The average molecular weight is 236 g/mol. The zero-order chi connectivity index (χ0) is 12.9. The maximum Gasteiger partial charge on any atom is 0.168 e. The van der Waals surface area contributed by atoms with Gasteiger partial charge < -0.3 is 4.89 Å². The van der Waals surface area contributed by atoms with E-state index in [2.05, 4.69) is 40.7 Å². The van der Waals surface area contributed by atoms with Gasteiger partial charge >= 0.3 is 0 Å². The van der Waals surface area contributed by atoms with E-state index in [9.17, 15) is 0 Å². The quantitative estimate of drug-likeness (QED) is 0.526. The molecule has 0 aliphatic heterocycles. The van der Waals surface area contributed by atoms with Gasteiger partial charge in [0.1, 0.15) is 5.60 Å². The Morgan fingerprint density at radius 3 is 2.41 bits per heavy atom. The fourth-order valence-electron chi connectivity index (χ4n) is 1.83. The molecule has 1 aromatic carbocycles. The molecule has 2 heteroatoms. The van der Waals surface area contributed by atoms with Crippen LogP contribution in [0, 0.1) is 0 Å². The van der Waals surface area contributed by atoms with E-state index in [0.717, 1.165) is 18.6 Å². The minimum absolute atomic E-state index is 0.237. The van der Waals surface area contributed by atoms with E-state index in [1.165, 1.54) is 5.56 Å². The van der Waals surface area contributed by atoms with Crippen LogP contribution in [0.2, 0.25) is 0 Å². The first kappa shape index (κ1) is 14.0. The summed E-state index contributed by atoms with van der Waals surface area (Å²) in [6, 6.07) is 8.03.